The van der Waals surface area contributed by atoms with E-state index in [1.165, 1.54) is 11.3 Å². The Labute approximate surface area is 119 Å². The summed E-state index contributed by atoms with van der Waals surface area (Å²) in [6.45, 7) is 0. The highest BCUT2D eigenvalue weighted by atomic mass is 32.1. The Kier molecular flexibility index (Phi) is 3.04. The molecule has 100 valence electrons. The molecule has 0 saturated heterocycles. The molecule has 1 aromatic heterocycles. The van der Waals surface area contributed by atoms with Crippen LogP contribution in [0.15, 0.2) is 48.5 Å². The van der Waals surface area contributed by atoms with Crippen LogP contribution in [0.2, 0.25) is 0 Å². The third-order valence-electron chi connectivity index (χ3n) is 2.93. The number of para-hydroxylation sites is 2. The molecule has 3 aromatic rings. The van der Waals surface area contributed by atoms with Gasteiger partial charge >= 0.3 is 0 Å². The lowest BCUT2D eigenvalue weighted by atomic mass is 10.2. The summed E-state index contributed by atoms with van der Waals surface area (Å²) in [7, 11) is 0. The third kappa shape index (κ3) is 2.31. The van der Waals surface area contributed by atoms with Crippen molar-refractivity contribution in [2.45, 2.75) is 0 Å². The molecule has 0 radical (unpaired) electrons. The summed E-state index contributed by atoms with van der Waals surface area (Å²) in [4.78, 5) is 12.8. The minimum Gasteiger partial charge on any atom is -0.508 e. The van der Waals surface area contributed by atoms with Crippen molar-refractivity contribution in [3.63, 3.8) is 0 Å². The summed E-state index contributed by atoms with van der Waals surface area (Å²) in [5.74, 6) is -0.0156. The van der Waals surface area contributed by atoms with Crippen LogP contribution in [0.25, 0.3) is 10.1 Å². The average molecular weight is 284 g/mol. The quantitative estimate of drug-likeness (QED) is 0.631. The molecule has 1 amide bonds. The first-order chi connectivity index (χ1) is 9.63. The lowest BCUT2D eigenvalue weighted by Crippen LogP contribution is -2.11. The van der Waals surface area contributed by atoms with Crippen molar-refractivity contribution < 1.29 is 9.90 Å². The van der Waals surface area contributed by atoms with Gasteiger partial charge in [-0.3, -0.25) is 4.79 Å². The van der Waals surface area contributed by atoms with E-state index in [0.29, 0.717) is 16.3 Å². The number of nitrogens with two attached hydrogens (primary N) is 1. The number of phenolic OH excluding ortho intramolecular Hbond substituents is 1. The highest BCUT2D eigenvalue weighted by Gasteiger charge is 2.11. The van der Waals surface area contributed by atoms with E-state index >= 15 is 0 Å². The highest BCUT2D eigenvalue weighted by molar-refractivity contribution is 7.20. The molecule has 0 aliphatic heterocycles. The van der Waals surface area contributed by atoms with Gasteiger partial charge in [0.1, 0.15) is 5.75 Å². The van der Waals surface area contributed by atoms with Gasteiger partial charge in [0.2, 0.25) is 0 Å². The minimum atomic E-state index is -0.205. The van der Waals surface area contributed by atoms with Crippen molar-refractivity contribution in [2.75, 3.05) is 11.1 Å². The van der Waals surface area contributed by atoms with Crippen LogP contribution in [0.5, 0.6) is 5.75 Å². The van der Waals surface area contributed by atoms with E-state index in [9.17, 15) is 9.90 Å². The lowest BCUT2D eigenvalue weighted by molar-refractivity contribution is 0.103. The average Bonchev–Trinajstić information content (AvgIpc) is 2.84. The van der Waals surface area contributed by atoms with Crippen LogP contribution in [0.1, 0.15) is 9.67 Å². The van der Waals surface area contributed by atoms with Crippen LogP contribution < -0.4 is 11.1 Å². The summed E-state index contributed by atoms with van der Waals surface area (Å²) >= 11 is 1.38. The van der Waals surface area contributed by atoms with Gasteiger partial charge in [0.25, 0.3) is 5.91 Å². The summed E-state index contributed by atoms with van der Waals surface area (Å²) in [6.07, 6.45) is 0. The molecule has 0 atom stereocenters. The van der Waals surface area contributed by atoms with Crippen LogP contribution >= 0.6 is 11.3 Å². The Morgan fingerprint density at radius 3 is 2.75 bits per heavy atom. The number of fused-ring (bicyclic) bond motifs is 1. The van der Waals surface area contributed by atoms with Crippen LogP contribution in [-0.4, -0.2) is 11.0 Å². The van der Waals surface area contributed by atoms with Crippen molar-refractivity contribution in [3.8, 4) is 5.75 Å². The van der Waals surface area contributed by atoms with Crippen LogP contribution in [0, 0.1) is 0 Å². The van der Waals surface area contributed by atoms with Gasteiger partial charge in [0.15, 0.2) is 0 Å². The molecule has 0 aliphatic carbocycles. The zero-order valence-electron chi connectivity index (χ0n) is 10.5. The predicted octanol–water partition coefficient (Wildman–Crippen LogP) is 3.44. The SMILES string of the molecule is Nc1ccccc1NC(=O)c1cc2cc(O)ccc2s1. The molecule has 0 aliphatic rings. The molecular formula is C15H12N2O2S. The molecule has 0 spiro atoms. The van der Waals surface area contributed by atoms with E-state index < -0.39 is 0 Å². The Balaban J connectivity index is 1.91. The molecule has 0 fully saturated rings. The van der Waals surface area contributed by atoms with Crippen molar-refractivity contribution in [3.05, 3.63) is 53.4 Å². The van der Waals surface area contributed by atoms with Gasteiger partial charge in [-0.25, -0.2) is 0 Å². The van der Waals surface area contributed by atoms with Crippen molar-refractivity contribution >= 4 is 38.7 Å². The Morgan fingerprint density at radius 2 is 1.95 bits per heavy atom. The molecule has 2 aromatic carbocycles. The summed E-state index contributed by atoms with van der Waals surface area (Å²) < 4.78 is 0.953. The van der Waals surface area contributed by atoms with Crippen LogP contribution in [0.4, 0.5) is 11.4 Å². The second kappa shape index (κ2) is 4.86. The number of nitrogen functional groups attached to an aromatic ring is 1. The number of anilines is 2. The molecule has 1 heterocycles. The molecule has 20 heavy (non-hydrogen) atoms. The molecule has 3 rings (SSSR count). The first-order valence-corrected chi connectivity index (χ1v) is 6.83. The maximum atomic E-state index is 12.2. The zero-order chi connectivity index (χ0) is 14.1. The van der Waals surface area contributed by atoms with Crippen LogP contribution in [-0.2, 0) is 0 Å². The number of carbonyl (C=O) groups excluding carboxylic acids is 1. The van der Waals surface area contributed by atoms with Crippen molar-refractivity contribution in [2.24, 2.45) is 0 Å². The summed E-state index contributed by atoms with van der Waals surface area (Å²) in [5, 5.41) is 13.1. The topological polar surface area (TPSA) is 75.3 Å². The second-order valence-electron chi connectivity index (χ2n) is 4.37. The molecule has 0 unspecified atom stereocenters. The summed E-state index contributed by atoms with van der Waals surface area (Å²) in [6, 6.07) is 13.9. The van der Waals surface area contributed by atoms with E-state index in [1.807, 2.05) is 12.1 Å². The van der Waals surface area contributed by atoms with Crippen molar-refractivity contribution in [1.29, 1.82) is 0 Å². The van der Waals surface area contributed by atoms with Gasteiger partial charge in [-0.1, -0.05) is 12.1 Å². The number of amides is 1. The number of thiophene rings is 1. The molecular weight excluding hydrogens is 272 g/mol. The largest absolute Gasteiger partial charge is 0.508 e. The van der Waals surface area contributed by atoms with Gasteiger partial charge in [0, 0.05) is 4.70 Å². The zero-order valence-corrected chi connectivity index (χ0v) is 11.3. The van der Waals surface area contributed by atoms with E-state index in [0.717, 1.165) is 10.1 Å². The maximum Gasteiger partial charge on any atom is 0.265 e. The standard InChI is InChI=1S/C15H12N2O2S/c16-11-3-1-2-4-12(11)17-15(19)14-8-9-7-10(18)5-6-13(9)20-14/h1-8,18H,16H2,(H,17,19). The van der Waals surface area contributed by atoms with E-state index in [2.05, 4.69) is 5.32 Å². The van der Waals surface area contributed by atoms with Crippen LogP contribution in [0.3, 0.4) is 0 Å². The van der Waals surface area contributed by atoms with E-state index in [1.54, 1.807) is 36.4 Å². The normalized spacial score (nSPS) is 10.6. The predicted molar refractivity (Wildman–Crippen MR) is 82.3 cm³/mol. The molecule has 0 bridgehead atoms. The summed E-state index contributed by atoms with van der Waals surface area (Å²) in [5.41, 5.74) is 6.92. The first kappa shape index (κ1) is 12.5. The fraction of sp³-hybridized carbons (Fsp3) is 0. The lowest BCUT2D eigenvalue weighted by Gasteiger charge is -2.05. The number of benzene rings is 2. The van der Waals surface area contributed by atoms with Gasteiger partial charge in [-0.2, -0.15) is 0 Å². The van der Waals surface area contributed by atoms with Gasteiger partial charge in [0.05, 0.1) is 16.3 Å². The Hall–Kier alpha value is -2.53. The van der Waals surface area contributed by atoms with E-state index in [-0.39, 0.29) is 11.7 Å². The number of rotatable bonds is 2. The molecule has 0 saturated carbocycles. The number of hydrogen-bond donors (Lipinski definition) is 3. The molecule has 4 N–H and O–H groups in total. The monoisotopic (exact) mass is 284 g/mol. The number of hydrogen-bond acceptors (Lipinski definition) is 4. The second-order valence-corrected chi connectivity index (χ2v) is 5.46. The van der Waals surface area contributed by atoms with Gasteiger partial charge < -0.3 is 16.2 Å². The Morgan fingerprint density at radius 1 is 1.15 bits per heavy atom. The minimum absolute atomic E-state index is 0.189. The number of aromatic hydroxyl groups is 1. The third-order valence-corrected chi connectivity index (χ3v) is 4.05. The van der Waals surface area contributed by atoms with E-state index in [4.69, 9.17) is 5.73 Å². The highest BCUT2D eigenvalue weighted by Crippen LogP contribution is 2.29. The first-order valence-electron chi connectivity index (χ1n) is 6.02. The smallest absolute Gasteiger partial charge is 0.265 e. The molecule has 4 nitrogen and oxygen atoms in total. The fourth-order valence-corrected chi connectivity index (χ4v) is 2.88. The fourth-order valence-electron chi connectivity index (χ4n) is 1.94. The number of phenols is 1. The van der Waals surface area contributed by atoms with Crippen molar-refractivity contribution in [1.82, 2.24) is 0 Å². The van der Waals surface area contributed by atoms with Gasteiger partial charge in [-0.05, 0) is 41.8 Å². The number of carbonyl (C=O) groups is 1. The number of nitrogens with one attached hydrogen (secondary N) is 1. The Bertz CT molecular complexity index is 795. The molecule has 5 heteroatoms. The maximum absolute atomic E-state index is 12.2. The van der Waals surface area contributed by atoms with Gasteiger partial charge in [-0.15, -0.1) is 11.3 Å².